The molecule has 5 rings (SSSR count). The molecule has 3 aromatic rings. The average molecular weight is 461 g/mol. The van der Waals surface area contributed by atoms with Gasteiger partial charge in [0.2, 0.25) is 11.8 Å². The van der Waals surface area contributed by atoms with Crippen LogP contribution in [0.1, 0.15) is 46.0 Å². The van der Waals surface area contributed by atoms with Crippen molar-refractivity contribution in [2.24, 2.45) is 5.92 Å². The number of hydrogen-bond acceptors (Lipinski definition) is 3. The van der Waals surface area contributed by atoms with Gasteiger partial charge in [-0.05, 0) is 83.3 Å². The van der Waals surface area contributed by atoms with Crippen LogP contribution in [0.15, 0.2) is 42.5 Å². The van der Waals surface area contributed by atoms with Crippen molar-refractivity contribution in [3.05, 3.63) is 42.5 Å². The number of amides is 2. The summed E-state index contributed by atoms with van der Waals surface area (Å²) in [5.41, 5.74) is 3.24. The van der Waals surface area contributed by atoms with Gasteiger partial charge in [-0.15, -0.1) is 0 Å². The topological polar surface area (TPSA) is 57.6 Å². The fourth-order valence-electron chi connectivity index (χ4n) is 5.79. The van der Waals surface area contributed by atoms with Crippen LogP contribution in [0.4, 0.5) is 5.69 Å². The molecule has 2 amide bonds. The Morgan fingerprint density at radius 2 is 1.65 bits per heavy atom. The van der Waals surface area contributed by atoms with Gasteiger partial charge < -0.3 is 14.8 Å². The second-order valence-corrected chi connectivity index (χ2v) is 9.85. The van der Waals surface area contributed by atoms with E-state index >= 15 is 0 Å². The lowest BCUT2D eigenvalue weighted by molar-refractivity contribution is -0.138. The number of para-hydroxylation sites is 1. The molecule has 0 aliphatic carbocycles. The zero-order chi connectivity index (χ0) is 23.7. The van der Waals surface area contributed by atoms with Crippen molar-refractivity contribution in [1.29, 1.82) is 0 Å². The molecule has 2 aromatic carbocycles. The van der Waals surface area contributed by atoms with Crippen molar-refractivity contribution in [3.8, 4) is 0 Å². The van der Waals surface area contributed by atoms with E-state index in [0.29, 0.717) is 5.91 Å². The van der Waals surface area contributed by atoms with Crippen LogP contribution in [-0.2, 0) is 16.1 Å². The van der Waals surface area contributed by atoms with Gasteiger partial charge in [0.1, 0.15) is 0 Å². The molecule has 0 radical (unpaired) electrons. The lowest BCUT2D eigenvalue weighted by Crippen LogP contribution is -2.49. The summed E-state index contributed by atoms with van der Waals surface area (Å²) in [6, 6.07) is 14.4. The number of nitrogens with zero attached hydrogens (tertiary/aromatic N) is 3. The summed E-state index contributed by atoms with van der Waals surface area (Å²) in [7, 11) is 0. The molecule has 0 spiro atoms. The summed E-state index contributed by atoms with van der Waals surface area (Å²) in [5.74, 6) is 0.457. The van der Waals surface area contributed by atoms with Crippen molar-refractivity contribution < 1.29 is 9.59 Å². The molecule has 0 saturated carbocycles. The number of hydrogen-bond donors (Lipinski definition) is 1. The molecule has 180 valence electrons. The fraction of sp³-hybridized carbons (Fsp3) is 0.500. The maximum atomic E-state index is 13.1. The molecule has 2 saturated heterocycles. The Hall–Kier alpha value is -2.86. The summed E-state index contributed by atoms with van der Waals surface area (Å²) >= 11 is 0. The van der Waals surface area contributed by atoms with Crippen LogP contribution in [0.25, 0.3) is 21.8 Å². The molecule has 2 fully saturated rings. The number of carbonyl (C=O) groups excluding carboxylic acids is 2. The van der Waals surface area contributed by atoms with Crippen LogP contribution in [0.2, 0.25) is 0 Å². The van der Waals surface area contributed by atoms with E-state index in [1.54, 1.807) is 0 Å². The molecule has 3 heterocycles. The summed E-state index contributed by atoms with van der Waals surface area (Å²) < 4.78 is 2.31. The Kier molecular flexibility index (Phi) is 6.59. The number of anilines is 1. The number of aryl methyl sites for hydroxylation is 1. The molecule has 1 N–H and O–H groups in total. The Balaban J connectivity index is 1.23. The molecule has 1 unspecified atom stereocenters. The third-order valence-electron chi connectivity index (χ3n) is 7.83. The third kappa shape index (κ3) is 4.31. The Morgan fingerprint density at radius 1 is 0.941 bits per heavy atom. The van der Waals surface area contributed by atoms with E-state index < -0.39 is 0 Å². The van der Waals surface area contributed by atoms with Crippen molar-refractivity contribution >= 4 is 39.3 Å². The van der Waals surface area contributed by atoms with E-state index in [4.69, 9.17) is 0 Å². The van der Waals surface area contributed by atoms with E-state index in [-0.39, 0.29) is 17.9 Å². The van der Waals surface area contributed by atoms with Crippen LogP contribution in [0.3, 0.4) is 0 Å². The first kappa shape index (κ1) is 22.9. The van der Waals surface area contributed by atoms with Crippen molar-refractivity contribution in [1.82, 2.24) is 14.4 Å². The highest BCUT2D eigenvalue weighted by molar-refractivity contribution is 6.10. The van der Waals surface area contributed by atoms with Gasteiger partial charge in [0, 0.05) is 53.0 Å². The van der Waals surface area contributed by atoms with Crippen LogP contribution in [0.5, 0.6) is 0 Å². The summed E-state index contributed by atoms with van der Waals surface area (Å²) in [4.78, 5) is 30.2. The first-order chi connectivity index (χ1) is 16.6. The normalized spacial score (nSPS) is 18.9. The second-order valence-electron chi connectivity index (χ2n) is 9.85. The molecule has 0 bridgehead atoms. The molecular formula is C28H36N4O2. The molecule has 2 aliphatic heterocycles. The molecule has 1 aromatic heterocycles. The molecule has 6 nitrogen and oxygen atoms in total. The average Bonchev–Trinajstić information content (AvgIpc) is 3.21. The van der Waals surface area contributed by atoms with Gasteiger partial charge in [-0.25, -0.2) is 0 Å². The number of likely N-dealkylation sites (tertiary alicyclic amines) is 2. The van der Waals surface area contributed by atoms with Crippen LogP contribution in [-0.4, -0.2) is 58.4 Å². The highest BCUT2D eigenvalue weighted by Crippen LogP contribution is 2.31. The predicted octanol–water partition coefficient (Wildman–Crippen LogP) is 4.87. The van der Waals surface area contributed by atoms with Gasteiger partial charge in [-0.1, -0.05) is 18.2 Å². The van der Waals surface area contributed by atoms with Gasteiger partial charge in [0.05, 0.1) is 6.04 Å². The molecule has 2 aliphatic rings. The highest BCUT2D eigenvalue weighted by Gasteiger charge is 2.32. The third-order valence-corrected chi connectivity index (χ3v) is 7.83. The maximum absolute atomic E-state index is 13.1. The monoisotopic (exact) mass is 460 g/mol. The van der Waals surface area contributed by atoms with Gasteiger partial charge in [0.15, 0.2) is 0 Å². The minimum Gasteiger partial charge on any atom is -0.342 e. The quantitative estimate of drug-likeness (QED) is 0.591. The standard InChI is InChI=1S/C28H36N4O2/c1-3-32-25-10-6-5-9-23(25)24-19-22(11-12-26(24)32)29-27(33)20(2)30-17-13-21(14-18-30)28(34)31-15-7-4-8-16-31/h5-6,9-12,19-21H,3-4,7-8,13-18H2,1-2H3,(H,29,33). The summed E-state index contributed by atoms with van der Waals surface area (Å²) in [6.07, 6.45) is 5.19. The minimum atomic E-state index is -0.223. The lowest BCUT2D eigenvalue weighted by Gasteiger charge is -2.37. The van der Waals surface area contributed by atoms with E-state index in [9.17, 15) is 9.59 Å². The van der Waals surface area contributed by atoms with E-state index in [0.717, 1.165) is 64.1 Å². The zero-order valence-electron chi connectivity index (χ0n) is 20.4. The first-order valence-corrected chi connectivity index (χ1v) is 12.9. The van der Waals surface area contributed by atoms with Gasteiger partial charge >= 0.3 is 0 Å². The zero-order valence-corrected chi connectivity index (χ0v) is 20.4. The largest absolute Gasteiger partial charge is 0.342 e. The molecular weight excluding hydrogens is 424 g/mol. The van der Waals surface area contributed by atoms with Crippen LogP contribution in [0, 0.1) is 5.92 Å². The minimum absolute atomic E-state index is 0.0133. The summed E-state index contributed by atoms with van der Waals surface area (Å²) in [5, 5.41) is 5.52. The number of aromatic nitrogens is 1. The Morgan fingerprint density at radius 3 is 2.38 bits per heavy atom. The number of nitrogens with one attached hydrogen (secondary N) is 1. The maximum Gasteiger partial charge on any atom is 0.241 e. The number of piperidine rings is 2. The van der Waals surface area contributed by atoms with Crippen molar-refractivity contribution in [3.63, 3.8) is 0 Å². The van der Waals surface area contributed by atoms with Crippen molar-refractivity contribution in [2.75, 3.05) is 31.5 Å². The predicted molar refractivity (Wildman–Crippen MR) is 138 cm³/mol. The highest BCUT2D eigenvalue weighted by atomic mass is 16.2. The van der Waals surface area contributed by atoms with E-state index in [1.807, 2.05) is 13.0 Å². The van der Waals surface area contributed by atoms with Crippen LogP contribution >= 0.6 is 0 Å². The van der Waals surface area contributed by atoms with Gasteiger partial charge in [-0.3, -0.25) is 14.5 Å². The smallest absolute Gasteiger partial charge is 0.241 e. The lowest BCUT2D eigenvalue weighted by atomic mass is 9.93. The summed E-state index contributed by atoms with van der Waals surface area (Å²) in [6.45, 7) is 8.46. The van der Waals surface area contributed by atoms with E-state index in [2.05, 4.69) is 63.0 Å². The fourth-order valence-corrected chi connectivity index (χ4v) is 5.79. The van der Waals surface area contributed by atoms with Gasteiger partial charge in [0.25, 0.3) is 0 Å². The van der Waals surface area contributed by atoms with Crippen LogP contribution < -0.4 is 5.32 Å². The molecule has 34 heavy (non-hydrogen) atoms. The molecule has 1 atom stereocenters. The molecule has 6 heteroatoms. The van der Waals surface area contributed by atoms with E-state index in [1.165, 1.54) is 28.2 Å². The Labute approximate surface area is 201 Å². The number of carbonyl (C=O) groups is 2. The number of benzene rings is 2. The first-order valence-electron chi connectivity index (χ1n) is 12.9. The van der Waals surface area contributed by atoms with Gasteiger partial charge in [-0.2, -0.15) is 0 Å². The SMILES string of the molecule is CCn1c2ccccc2c2cc(NC(=O)C(C)N3CCC(C(=O)N4CCCCC4)CC3)ccc21. The van der Waals surface area contributed by atoms with Crippen molar-refractivity contribution in [2.45, 2.75) is 58.5 Å². The second kappa shape index (κ2) is 9.79. The number of rotatable bonds is 5. The number of fused-ring (bicyclic) bond motifs is 3. The Bertz CT molecular complexity index is 1190.